The van der Waals surface area contributed by atoms with Crippen molar-refractivity contribution in [3.63, 3.8) is 0 Å². The van der Waals surface area contributed by atoms with E-state index in [0.29, 0.717) is 22.4 Å². The summed E-state index contributed by atoms with van der Waals surface area (Å²) in [7, 11) is 1.84. The summed E-state index contributed by atoms with van der Waals surface area (Å²) in [6, 6.07) is 12.9. The van der Waals surface area contributed by atoms with Gasteiger partial charge < -0.3 is 14.6 Å². The molecule has 2 heterocycles. The molecule has 1 aromatic heterocycles. The number of para-hydroxylation sites is 2. The van der Waals surface area contributed by atoms with E-state index in [-0.39, 0.29) is 30.2 Å². The second kappa shape index (κ2) is 9.04. The van der Waals surface area contributed by atoms with Crippen LogP contribution in [0.25, 0.3) is 0 Å². The van der Waals surface area contributed by atoms with Crippen LogP contribution in [-0.4, -0.2) is 38.9 Å². The van der Waals surface area contributed by atoms with Crippen molar-refractivity contribution in [3.8, 4) is 5.75 Å². The number of aryl methyl sites for hydroxylation is 2. The topological polar surface area (TPSA) is 89.3 Å². The first-order valence-corrected chi connectivity index (χ1v) is 11.3. The van der Waals surface area contributed by atoms with Crippen LogP contribution in [0.1, 0.15) is 29.9 Å². The monoisotopic (exact) mass is 451 g/mol. The quantitative estimate of drug-likeness (QED) is 0.576. The molecule has 1 aliphatic rings. The van der Waals surface area contributed by atoms with Gasteiger partial charge in [0.25, 0.3) is 5.91 Å². The Morgan fingerprint density at radius 1 is 1.19 bits per heavy atom. The van der Waals surface area contributed by atoms with Crippen molar-refractivity contribution in [2.45, 2.75) is 32.0 Å². The number of ether oxygens (including phenoxy) is 1. The van der Waals surface area contributed by atoms with Crippen molar-refractivity contribution in [3.05, 3.63) is 59.4 Å². The van der Waals surface area contributed by atoms with E-state index >= 15 is 0 Å². The minimum atomic E-state index is -0.344. The highest BCUT2D eigenvalue weighted by Gasteiger charge is 2.32. The molecule has 3 aromatic rings. The number of hydrogen-bond acceptors (Lipinski definition) is 6. The summed E-state index contributed by atoms with van der Waals surface area (Å²) in [5, 5.41) is 12.1. The lowest BCUT2D eigenvalue weighted by molar-refractivity contribution is -0.121. The zero-order chi connectivity index (χ0) is 22.8. The minimum Gasteiger partial charge on any atom is -0.482 e. The second-order valence-corrected chi connectivity index (χ2v) is 8.67. The van der Waals surface area contributed by atoms with E-state index in [2.05, 4.69) is 15.5 Å². The van der Waals surface area contributed by atoms with Crippen LogP contribution >= 0.6 is 11.8 Å². The molecular weight excluding hydrogens is 426 g/mol. The predicted octanol–water partition coefficient (Wildman–Crippen LogP) is 3.65. The molecule has 32 heavy (non-hydrogen) atoms. The van der Waals surface area contributed by atoms with Gasteiger partial charge >= 0.3 is 0 Å². The van der Waals surface area contributed by atoms with E-state index in [1.54, 1.807) is 4.90 Å². The Morgan fingerprint density at radius 2 is 1.97 bits per heavy atom. The zero-order valence-corrected chi connectivity index (χ0v) is 19.3. The van der Waals surface area contributed by atoms with Gasteiger partial charge in [0.15, 0.2) is 17.6 Å². The largest absolute Gasteiger partial charge is 0.482 e. The van der Waals surface area contributed by atoms with E-state index in [4.69, 9.17) is 4.74 Å². The Balaban J connectivity index is 1.45. The van der Waals surface area contributed by atoms with Crippen LogP contribution in [0.2, 0.25) is 0 Å². The number of carbonyl (C=O) groups is 2. The molecule has 1 aliphatic heterocycles. The number of amides is 2. The maximum Gasteiger partial charge on any atom is 0.265 e. The highest BCUT2D eigenvalue weighted by Crippen LogP contribution is 2.37. The molecule has 2 amide bonds. The van der Waals surface area contributed by atoms with Crippen LogP contribution in [0.3, 0.4) is 0 Å². The molecule has 0 radical (unpaired) electrons. The van der Waals surface area contributed by atoms with Crippen LogP contribution in [-0.2, 0) is 16.6 Å². The van der Waals surface area contributed by atoms with E-state index in [1.165, 1.54) is 17.3 Å². The molecule has 0 saturated heterocycles. The fraction of sp³-hybridized carbons (Fsp3) is 0.304. The maximum absolute atomic E-state index is 12.6. The van der Waals surface area contributed by atoms with Gasteiger partial charge in [0.2, 0.25) is 5.91 Å². The first-order valence-electron chi connectivity index (χ1n) is 10.3. The Morgan fingerprint density at radius 3 is 2.75 bits per heavy atom. The standard InChI is InChI=1S/C23H25N5O3S/c1-14-9-10-17(11-15(14)2)24-20(29)13-32-23-26-25-22(27(23)4)16(3)28-18-7-5-6-8-19(18)31-12-21(28)30/h5-11,16H,12-13H2,1-4H3,(H,24,29)/t16-/m0/s1. The first-order chi connectivity index (χ1) is 15.3. The van der Waals surface area contributed by atoms with Crippen molar-refractivity contribution in [2.24, 2.45) is 7.05 Å². The van der Waals surface area contributed by atoms with Gasteiger partial charge in [-0.05, 0) is 56.2 Å². The van der Waals surface area contributed by atoms with Crippen molar-refractivity contribution in [1.29, 1.82) is 0 Å². The molecule has 0 unspecified atom stereocenters. The fourth-order valence-electron chi connectivity index (χ4n) is 3.62. The SMILES string of the molecule is Cc1ccc(NC(=O)CSc2nnc([C@H](C)N3C(=O)COc4ccccc43)n2C)cc1C. The minimum absolute atomic E-state index is 0.0144. The molecule has 0 aliphatic carbocycles. The highest BCUT2D eigenvalue weighted by molar-refractivity contribution is 7.99. The number of thioether (sulfide) groups is 1. The van der Waals surface area contributed by atoms with Gasteiger partial charge in [-0.15, -0.1) is 10.2 Å². The van der Waals surface area contributed by atoms with Gasteiger partial charge in [0, 0.05) is 12.7 Å². The maximum atomic E-state index is 12.6. The molecule has 0 saturated carbocycles. The number of aromatic nitrogens is 3. The smallest absolute Gasteiger partial charge is 0.265 e. The van der Waals surface area contributed by atoms with Gasteiger partial charge in [-0.3, -0.25) is 14.5 Å². The number of nitrogens with zero attached hydrogens (tertiary/aromatic N) is 4. The van der Waals surface area contributed by atoms with Gasteiger partial charge in [-0.25, -0.2) is 0 Å². The number of carbonyl (C=O) groups excluding carboxylic acids is 2. The summed E-state index contributed by atoms with van der Waals surface area (Å²) >= 11 is 1.30. The second-order valence-electron chi connectivity index (χ2n) is 7.73. The van der Waals surface area contributed by atoms with E-state index < -0.39 is 0 Å². The molecule has 1 N–H and O–H groups in total. The number of hydrogen-bond donors (Lipinski definition) is 1. The molecule has 0 bridgehead atoms. The number of fused-ring (bicyclic) bond motifs is 1. The normalized spacial score (nSPS) is 14.0. The van der Waals surface area contributed by atoms with Crippen LogP contribution in [0, 0.1) is 13.8 Å². The molecular formula is C23H25N5O3S. The molecule has 9 heteroatoms. The lowest BCUT2D eigenvalue weighted by Gasteiger charge is -2.33. The Hall–Kier alpha value is -3.33. The summed E-state index contributed by atoms with van der Waals surface area (Å²) in [5.74, 6) is 1.24. The third-order valence-corrected chi connectivity index (χ3v) is 6.52. The number of nitrogens with one attached hydrogen (secondary N) is 1. The van der Waals surface area contributed by atoms with Crippen molar-refractivity contribution < 1.29 is 14.3 Å². The fourth-order valence-corrected chi connectivity index (χ4v) is 4.34. The highest BCUT2D eigenvalue weighted by atomic mass is 32.2. The summed E-state index contributed by atoms with van der Waals surface area (Å²) < 4.78 is 7.36. The molecule has 8 nitrogen and oxygen atoms in total. The molecule has 0 spiro atoms. The molecule has 0 fully saturated rings. The third kappa shape index (κ3) is 4.34. The summed E-state index contributed by atoms with van der Waals surface area (Å²) in [6.45, 7) is 5.94. The van der Waals surface area contributed by atoms with Gasteiger partial charge in [0.1, 0.15) is 5.75 Å². The Kier molecular flexibility index (Phi) is 6.18. The van der Waals surface area contributed by atoms with Gasteiger partial charge in [-0.2, -0.15) is 0 Å². The van der Waals surface area contributed by atoms with Gasteiger partial charge in [0.05, 0.1) is 17.5 Å². The zero-order valence-electron chi connectivity index (χ0n) is 18.5. The van der Waals surface area contributed by atoms with Crippen LogP contribution < -0.4 is 15.0 Å². The van der Waals surface area contributed by atoms with Crippen molar-refractivity contribution in [2.75, 3.05) is 22.6 Å². The Bertz CT molecular complexity index is 1180. The molecule has 2 aromatic carbocycles. The van der Waals surface area contributed by atoms with Gasteiger partial charge in [-0.1, -0.05) is 30.0 Å². The third-order valence-electron chi connectivity index (χ3n) is 5.50. The molecule has 166 valence electrons. The molecule has 4 rings (SSSR count). The number of benzene rings is 2. The first kappa shape index (κ1) is 21.9. The van der Waals surface area contributed by atoms with E-state index in [1.807, 2.05) is 74.9 Å². The predicted molar refractivity (Wildman–Crippen MR) is 124 cm³/mol. The van der Waals surface area contributed by atoms with Crippen molar-refractivity contribution >= 4 is 35.0 Å². The van der Waals surface area contributed by atoms with E-state index in [0.717, 1.165) is 11.3 Å². The van der Waals surface area contributed by atoms with Crippen molar-refractivity contribution in [1.82, 2.24) is 14.8 Å². The average Bonchev–Trinajstić information content (AvgIpc) is 3.14. The Labute approximate surface area is 191 Å². The van der Waals surface area contributed by atoms with Crippen LogP contribution in [0.4, 0.5) is 11.4 Å². The van der Waals surface area contributed by atoms with Crippen LogP contribution in [0.5, 0.6) is 5.75 Å². The summed E-state index contributed by atoms with van der Waals surface area (Å²) in [6.07, 6.45) is 0. The molecule has 1 atom stereocenters. The van der Waals surface area contributed by atoms with Crippen LogP contribution in [0.15, 0.2) is 47.6 Å². The average molecular weight is 452 g/mol. The van der Waals surface area contributed by atoms with E-state index in [9.17, 15) is 9.59 Å². The lowest BCUT2D eigenvalue weighted by atomic mass is 10.1. The number of rotatable bonds is 6. The lowest BCUT2D eigenvalue weighted by Crippen LogP contribution is -2.41. The summed E-state index contributed by atoms with van der Waals surface area (Å²) in [4.78, 5) is 26.7. The number of anilines is 2. The summed E-state index contributed by atoms with van der Waals surface area (Å²) in [5.41, 5.74) is 3.79.